The fourth-order valence-corrected chi connectivity index (χ4v) is 3.52. The van der Waals surface area contributed by atoms with Gasteiger partial charge in [-0.3, -0.25) is 4.90 Å². The predicted molar refractivity (Wildman–Crippen MR) is 74.2 cm³/mol. The van der Waals surface area contributed by atoms with E-state index in [1.54, 1.807) is 0 Å². The van der Waals surface area contributed by atoms with Crippen molar-refractivity contribution in [3.05, 3.63) is 33.8 Å². The smallest absolute Gasteiger partial charge is 0.135 e. The average molecular weight is 306 g/mol. The molecule has 0 radical (unpaired) electrons. The number of halogens is 1. The lowest BCUT2D eigenvalue weighted by Gasteiger charge is -2.39. The zero-order chi connectivity index (χ0) is 12.6. The first kappa shape index (κ1) is 12.2. The minimum atomic E-state index is -0.402. The van der Waals surface area contributed by atoms with E-state index >= 15 is 0 Å². The second kappa shape index (κ2) is 4.65. The maximum atomic E-state index is 9.78. The van der Waals surface area contributed by atoms with Crippen LogP contribution < -0.4 is 5.32 Å². The van der Waals surface area contributed by atoms with Crippen LogP contribution in [0.2, 0.25) is 0 Å². The Morgan fingerprint density at radius 2 is 2.11 bits per heavy atom. The molecule has 0 saturated carbocycles. The van der Waals surface area contributed by atoms with Crippen LogP contribution in [-0.2, 0) is 12.0 Å². The molecule has 0 bridgehead atoms. The van der Waals surface area contributed by atoms with Gasteiger partial charge >= 0.3 is 0 Å². The molecule has 1 N–H and O–H groups in total. The summed E-state index contributed by atoms with van der Waals surface area (Å²) >= 11 is 3.53. The standard InChI is InChI=1S/C14H16BrN3/c15-12-2-1-11-3-4-14(10-16,13(11)9-12)18-7-5-17-6-8-18/h1-2,9,17H,3-8H2. The van der Waals surface area contributed by atoms with Gasteiger partial charge in [-0.15, -0.1) is 0 Å². The van der Waals surface area contributed by atoms with E-state index in [0.717, 1.165) is 43.5 Å². The molecule has 3 rings (SSSR count). The number of aryl methyl sites for hydroxylation is 1. The van der Waals surface area contributed by atoms with E-state index in [9.17, 15) is 5.26 Å². The van der Waals surface area contributed by atoms with Crippen molar-refractivity contribution >= 4 is 15.9 Å². The van der Waals surface area contributed by atoms with Crippen molar-refractivity contribution in [3.8, 4) is 6.07 Å². The summed E-state index contributed by atoms with van der Waals surface area (Å²) in [6, 6.07) is 8.97. The molecule has 18 heavy (non-hydrogen) atoms. The molecule has 3 nitrogen and oxygen atoms in total. The Labute approximate surface area is 116 Å². The quantitative estimate of drug-likeness (QED) is 0.863. The number of hydrogen-bond donors (Lipinski definition) is 1. The normalized spacial score (nSPS) is 27.8. The van der Waals surface area contributed by atoms with E-state index in [2.05, 4.69) is 50.4 Å². The maximum absolute atomic E-state index is 9.78. The lowest BCUT2D eigenvalue weighted by atomic mass is 9.90. The molecule has 1 aromatic rings. The van der Waals surface area contributed by atoms with Crippen LogP contribution >= 0.6 is 15.9 Å². The van der Waals surface area contributed by atoms with Crippen LogP contribution in [0.25, 0.3) is 0 Å². The van der Waals surface area contributed by atoms with E-state index < -0.39 is 5.54 Å². The van der Waals surface area contributed by atoms with Crippen LogP contribution in [0.1, 0.15) is 17.5 Å². The van der Waals surface area contributed by atoms with E-state index in [1.807, 2.05) is 0 Å². The van der Waals surface area contributed by atoms with Gasteiger partial charge in [-0.1, -0.05) is 22.0 Å². The molecule has 0 spiro atoms. The zero-order valence-corrected chi connectivity index (χ0v) is 11.8. The molecule has 4 heteroatoms. The third-order valence-corrected chi connectivity index (χ3v) is 4.61. The van der Waals surface area contributed by atoms with Crippen LogP contribution in [0, 0.1) is 11.3 Å². The Kier molecular flexibility index (Phi) is 3.14. The van der Waals surface area contributed by atoms with E-state index in [-0.39, 0.29) is 0 Å². The number of nitrogens with zero attached hydrogens (tertiary/aromatic N) is 2. The minimum Gasteiger partial charge on any atom is -0.314 e. The van der Waals surface area contributed by atoms with Gasteiger partial charge in [0.1, 0.15) is 5.54 Å². The Morgan fingerprint density at radius 1 is 1.33 bits per heavy atom. The third kappa shape index (κ3) is 1.78. The molecule has 1 aliphatic heterocycles. The van der Waals surface area contributed by atoms with E-state index in [1.165, 1.54) is 11.1 Å². The zero-order valence-electron chi connectivity index (χ0n) is 10.2. The summed E-state index contributed by atoms with van der Waals surface area (Å²) in [5.41, 5.74) is 2.14. The number of benzene rings is 1. The van der Waals surface area contributed by atoms with Crippen LogP contribution in [0.15, 0.2) is 22.7 Å². The molecular formula is C14H16BrN3. The summed E-state index contributed by atoms with van der Waals surface area (Å²) in [7, 11) is 0. The summed E-state index contributed by atoms with van der Waals surface area (Å²) in [6.07, 6.45) is 1.94. The molecule has 0 amide bonds. The van der Waals surface area contributed by atoms with Crippen molar-refractivity contribution in [1.29, 1.82) is 5.26 Å². The van der Waals surface area contributed by atoms with Gasteiger partial charge in [0.15, 0.2) is 0 Å². The van der Waals surface area contributed by atoms with Crippen LogP contribution in [0.5, 0.6) is 0 Å². The summed E-state index contributed by atoms with van der Waals surface area (Å²) in [6.45, 7) is 3.87. The highest BCUT2D eigenvalue weighted by atomic mass is 79.9. The number of rotatable bonds is 1. The largest absolute Gasteiger partial charge is 0.314 e. The van der Waals surface area contributed by atoms with Gasteiger partial charge in [0.2, 0.25) is 0 Å². The Morgan fingerprint density at radius 3 is 2.83 bits per heavy atom. The molecule has 94 valence electrons. The Balaban J connectivity index is 2.04. The van der Waals surface area contributed by atoms with Crippen molar-refractivity contribution in [1.82, 2.24) is 10.2 Å². The highest BCUT2D eigenvalue weighted by molar-refractivity contribution is 9.10. The fraction of sp³-hybridized carbons (Fsp3) is 0.500. The number of piperazine rings is 1. The summed E-state index contributed by atoms with van der Waals surface area (Å²) in [4.78, 5) is 2.35. The van der Waals surface area contributed by atoms with Gasteiger partial charge in [-0.05, 0) is 36.1 Å². The van der Waals surface area contributed by atoms with Gasteiger partial charge in [-0.2, -0.15) is 5.26 Å². The number of nitrogens with one attached hydrogen (secondary N) is 1. The third-order valence-electron chi connectivity index (χ3n) is 4.12. The van der Waals surface area contributed by atoms with E-state index in [0.29, 0.717) is 0 Å². The first-order valence-electron chi connectivity index (χ1n) is 6.42. The van der Waals surface area contributed by atoms with Crippen LogP contribution in [0.3, 0.4) is 0 Å². The van der Waals surface area contributed by atoms with Gasteiger partial charge in [-0.25, -0.2) is 0 Å². The average Bonchev–Trinajstić information content (AvgIpc) is 2.79. The minimum absolute atomic E-state index is 0.402. The topological polar surface area (TPSA) is 39.1 Å². The molecule has 1 unspecified atom stereocenters. The molecular weight excluding hydrogens is 290 g/mol. The highest BCUT2D eigenvalue weighted by Crippen LogP contribution is 2.42. The first-order chi connectivity index (χ1) is 8.76. The molecule has 1 aromatic carbocycles. The summed E-state index contributed by atoms with van der Waals surface area (Å²) < 4.78 is 1.07. The molecule has 1 saturated heterocycles. The Hall–Kier alpha value is -0.890. The van der Waals surface area contributed by atoms with Gasteiger partial charge < -0.3 is 5.32 Å². The van der Waals surface area contributed by atoms with Gasteiger partial charge in [0, 0.05) is 30.7 Å². The van der Waals surface area contributed by atoms with Crippen LogP contribution in [-0.4, -0.2) is 31.1 Å². The van der Waals surface area contributed by atoms with E-state index in [4.69, 9.17) is 0 Å². The fourth-order valence-electron chi connectivity index (χ4n) is 3.16. The highest BCUT2D eigenvalue weighted by Gasteiger charge is 2.44. The lowest BCUT2D eigenvalue weighted by Crippen LogP contribution is -2.53. The number of nitriles is 1. The van der Waals surface area contributed by atoms with Crippen molar-refractivity contribution in [2.45, 2.75) is 18.4 Å². The lowest BCUT2D eigenvalue weighted by molar-refractivity contribution is 0.118. The SMILES string of the molecule is N#CC1(N2CCNCC2)CCc2ccc(Br)cc21. The monoisotopic (exact) mass is 305 g/mol. The van der Waals surface area contributed by atoms with Crippen LogP contribution in [0.4, 0.5) is 0 Å². The maximum Gasteiger partial charge on any atom is 0.135 e. The number of hydrogen-bond acceptors (Lipinski definition) is 3. The molecule has 1 heterocycles. The summed E-state index contributed by atoms with van der Waals surface area (Å²) in [5.74, 6) is 0. The molecule has 1 fully saturated rings. The Bertz CT molecular complexity index is 502. The second-order valence-corrected chi connectivity index (χ2v) is 5.93. The number of fused-ring (bicyclic) bond motifs is 1. The van der Waals surface area contributed by atoms with Gasteiger partial charge in [0.25, 0.3) is 0 Å². The van der Waals surface area contributed by atoms with Crippen molar-refractivity contribution in [2.75, 3.05) is 26.2 Å². The second-order valence-electron chi connectivity index (χ2n) is 5.01. The van der Waals surface area contributed by atoms with Crippen molar-refractivity contribution in [3.63, 3.8) is 0 Å². The van der Waals surface area contributed by atoms with Gasteiger partial charge in [0.05, 0.1) is 6.07 Å². The molecule has 1 aliphatic carbocycles. The van der Waals surface area contributed by atoms with Crippen molar-refractivity contribution < 1.29 is 0 Å². The first-order valence-corrected chi connectivity index (χ1v) is 7.21. The van der Waals surface area contributed by atoms with Crippen molar-refractivity contribution in [2.24, 2.45) is 0 Å². The molecule has 1 atom stereocenters. The summed E-state index contributed by atoms with van der Waals surface area (Å²) in [5, 5.41) is 13.1. The predicted octanol–water partition coefficient (Wildman–Crippen LogP) is 2.02. The molecule has 0 aromatic heterocycles. The molecule has 2 aliphatic rings.